The van der Waals surface area contributed by atoms with Crippen molar-refractivity contribution in [2.24, 2.45) is 28.1 Å². The summed E-state index contributed by atoms with van der Waals surface area (Å²) in [6, 6.07) is -4.60. The van der Waals surface area contributed by atoms with Crippen LogP contribution in [0.5, 0.6) is 0 Å². The summed E-state index contributed by atoms with van der Waals surface area (Å²) in [5.74, 6) is -3.73. The molecule has 0 aromatic heterocycles. The molecule has 3 amide bonds. The van der Waals surface area contributed by atoms with E-state index in [1.807, 2.05) is 6.92 Å². The predicted molar refractivity (Wildman–Crippen MR) is 118 cm³/mol. The van der Waals surface area contributed by atoms with Crippen LogP contribution in [0.1, 0.15) is 47.0 Å². The molecule has 0 heterocycles. The molecule has 0 aliphatic rings. The lowest BCUT2D eigenvalue weighted by Gasteiger charge is -2.27. The molecule has 0 aliphatic heterocycles. The number of carbonyl (C=O) groups excluding carboxylic acids is 3. The number of rotatable bonds is 14. The summed E-state index contributed by atoms with van der Waals surface area (Å²) in [6.07, 6.45) is -0.276. The Morgan fingerprint density at radius 2 is 1.56 bits per heavy atom. The largest absolute Gasteiger partial charge is 0.480 e. The number of hydrogen-bond acceptors (Lipinski definition) is 7. The van der Waals surface area contributed by atoms with Crippen LogP contribution in [0.25, 0.3) is 0 Å². The van der Waals surface area contributed by atoms with E-state index in [9.17, 15) is 24.3 Å². The number of carbonyl (C=O) groups is 4. The van der Waals surface area contributed by atoms with Gasteiger partial charge in [-0.05, 0) is 32.6 Å². The van der Waals surface area contributed by atoms with E-state index in [1.54, 1.807) is 6.92 Å². The Labute approximate surface area is 187 Å². The van der Waals surface area contributed by atoms with Crippen LogP contribution in [0, 0.1) is 5.92 Å². The number of aliphatic carboxylic acids is 1. The number of carboxylic acids is 1. The van der Waals surface area contributed by atoms with Gasteiger partial charge in [-0.3, -0.25) is 24.2 Å². The first-order valence-electron chi connectivity index (χ1n) is 10.4. The van der Waals surface area contributed by atoms with Gasteiger partial charge in [0.15, 0.2) is 5.96 Å². The van der Waals surface area contributed by atoms with E-state index in [-0.39, 0.29) is 24.8 Å². The Balaban J connectivity index is 5.39. The fourth-order valence-electron chi connectivity index (χ4n) is 2.58. The van der Waals surface area contributed by atoms with Gasteiger partial charge >= 0.3 is 5.97 Å². The van der Waals surface area contributed by atoms with E-state index in [0.29, 0.717) is 12.8 Å². The van der Waals surface area contributed by atoms with Crippen molar-refractivity contribution in [3.63, 3.8) is 0 Å². The second-order valence-electron chi connectivity index (χ2n) is 7.72. The monoisotopic (exact) mass is 459 g/mol. The van der Waals surface area contributed by atoms with Crippen molar-refractivity contribution in [2.75, 3.05) is 6.54 Å². The number of nitrogens with two attached hydrogens (primary N) is 3. The van der Waals surface area contributed by atoms with Gasteiger partial charge in [-0.25, -0.2) is 0 Å². The Kier molecular flexibility index (Phi) is 12.9. The smallest absolute Gasteiger partial charge is 0.325 e. The van der Waals surface area contributed by atoms with Crippen molar-refractivity contribution < 1.29 is 29.4 Å². The highest BCUT2D eigenvalue weighted by Crippen LogP contribution is 2.07. The standard InChI is InChI=1S/C19H37N7O6/c1-5-9(2)13(20)16(29)26-14(11(4)27)17(30)25-12(7-6-8-23-19(21)22)15(28)24-10(3)18(31)32/h9-14,27H,5-8,20H2,1-4H3,(H,24,28)(H,25,30)(H,26,29)(H,31,32)(H4,21,22,23). The first kappa shape index (κ1) is 29.1. The Morgan fingerprint density at radius 1 is 0.969 bits per heavy atom. The van der Waals surface area contributed by atoms with Crippen molar-refractivity contribution in [1.29, 1.82) is 0 Å². The Bertz CT molecular complexity index is 681. The van der Waals surface area contributed by atoms with Crippen LogP contribution in [0.4, 0.5) is 0 Å². The molecular weight excluding hydrogens is 422 g/mol. The first-order chi connectivity index (χ1) is 14.8. The molecule has 0 aromatic rings. The lowest BCUT2D eigenvalue weighted by molar-refractivity contribution is -0.142. The zero-order valence-corrected chi connectivity index (χ0v) is 19.0. The van der Waals surface area contributed by atoms with E-state index in [2.05, 4.69) is 20.9 Å². The molecule has 184 valence electrons. The molecule has 6 atom stereocenters. The topological polar surface area (TPSA) is 235 Å². The van der Waals surface area contributed by atoms with Gasteiger partial charge < -0.3 is 43.4 Å². The molecule has 0 fully saturated rings. The summed E-state index contributed by atoms with van der Waals surface area (Å²) >= 11 is 0. The van der Waals surface area contributed by atoms with Crippen LogP contribution in [-0.4, -0.2) is 76.7 Å². The van der Waals surface area contributed by atoms with Crippen LogP contribution in [0.3, 0.4) is 0 Å². The van der Waals surface area contributed by atoms with Crippen molar-refractivity contribution in [2.45, 2.75) is 77.2 Å². The van der Waals surface area contributed by atoms with Crippen molar-refractivity contribution in [3.05, 3.63) is 0 Å². The molecule has 0 aromatic carbocycles. The van der Waals surface area contributed by atoms with Crippen molar-refractivity contribution >= 4 is 29.7 Å². The number of nitrogens with one attached hydrogen (secondary N) is 3. The number of guanidine groups is 1. The van der Waals surface area contributed by atoms with Gasteiger partial charge in [0, 0.05) is 6.54 Å². The van der Waals surface area contributed by atoms with Crippen LogP contribution in [-0.2, 0) is 19.2 Å². The lowest BCUT2D eigenvalue weighted by atomic mass is 9.98. The van der Waals surface area contributed by atoms with Crippen LogP contribution < -0.4 is 33.2 Å². The predicted octanol–water partition coefficient (Wildman–Crippen LogP) is -2.65. The van der Waals surface area contributed by atoms with Gasteiger partial charge in [0.05, 0.1) is 12.1 Å². The highest BCUT2D eigenvalue weighted by atomic mass is 16.4. The highest BCUT2D eigenvalue weighted by Gasteiger charge is 2.32. The second-order valence-corrected chi connectivity index (χ2v) is 7.72. The van der Waals surface area contributed by atoms with Crippen LogP contribution in [0.15, 0.2) is 4.99 Å². The first-order valence-corrected chi connectivity index (χ1v) is 10.4. The molecule has 0 bridgehead atoms. The zero-order chi connectivity index (χ0) is 25.0. The molecule has 0 aliphatic carbocycles. The van der Waals surface area contributed by atoms with E-state index in [0.717, 1.165) is 0 Å². The molecule has 13 heteroatoms. The third-order valence-electron chi connectivity index (χ3n) is 4.93. The van der Waals surface area contributed by atoms with Crippen LogP contribution in [0.2, 0.25) is 0 Å². The minimum absolute atomic E-state index is 0.0769. The van der Waals surface area contributed by atoms with Gasteiger partial charge in [-0.1, -0.05) is 20.3 Å². The van der Waals surface area contributed by atoms with Gasteiger partial charge in [-0.2, -0.15) is 0 Å². The molecule has 0 saturated heterocycles. The average Bonchev–Trinajstić information content (AvgIpc) is 2.71. The summed E-state index contributed by atoms with van der Waals surface area (Å²) < 4.78 is 0. The SMILES string of the molecule is CCC(C)C(N)C(=O)NC(C(=O)NC(CCCN=C(N)N)C(=O)NC(C)C(=O)O)C(C)O. The van der Waals surface area contributed by atoms with E-state index in [1.165, 1.54) is 13.8 Å². The quantitative estimate of drug-likeness (QED) is 0.0768. The number of hydrogen-bond donors (Lipinski definition) is 8. The zero-order valence-electron chi connectivity index (χ0n) is 19.0. The molecule has 0 radical (unpaired) electrons. The number of amides is 3. The summed E-state index contributed by atoms with van der Waals surface area (Å²) in [6.45, 7) is 6.40. The average molecular weight is 460 g/mol. The molecule has 13 nitrogen and oxygen atoms in total. The van der Waals surface area contributed by atoms with Gasteiger partial charge in [-0.15, -0.1) is 0 Å². The highest BCUT2D eigenvalue weighted by molar-refractivity contribution is 5.94. The molecule has 32 heavy (non-hydrogen) atoms. The fourth-order valence-corrected chi connectivity index (χ4v) is 2.58. The molecule has 11 N–H and O–H groups in total. The normalized spacial score (nSPS) is 16.4. The molecule has 0 spiro atoms. The molecule has 6 unspecified atom stereocenters. The van der Waals surface area contributed by atoms with Gasteiger partial charge in [0.25, 0.3) is 0 Å². The number of aliphatic imine (C=N–C) groups is 1. The third kappa shape index (κ3) is 10.4. The molecule has 0 saturated carbocycles. The Hall–Kier alpha value is -2.93. The summed E-state index contributed by atoms with van der Waals surface area (Å²) in [4.78, 5) is 52.5. The number of nitrogens with zero attached hydrogens (tertiary/aromatic N) is 1. The minimum Gasteiger partial charge on any atom is -0.480 e. The fraction of sp³-hybridized carbons (Fsp3) is 0.737. The van der Waals surface area contributed by atoms with E-state index >= 15 is 0 Å². The van der Waals surface area contributed by atoms with Crippen LogP contribution >= 0.6 is 0 Å². The third-order valence-corrected chi connectivity index (χ3v) is 4.93. The number of carboxylic acid groups (broad SMARTS) is 1. The van der Waals surface area contributed by atoms with Crippen molar-refractivity contribution in [3.8, 4) is 0 Å². The van der Waals surface area contributed by atoms with Gasteiger partial charge in [0.2, 0.25) is 17.7 Å². The Morgan fingerprint density at radius 3 is 2.03 bits per heavy atom. The summed E-state index contributed by atoms with van der Waals surface area (Å²) in [5.41, 5.74) is 16.4. The van der Waals surface area contributed by atoms with Crippen molar-refractivity contribution in [1.82, 2.24) is 16.0 Å². The maximum absolute atomic E-state index is 12.8. The maximum atomic E-state index is 12.8. The number of aliphatic hydroxyl groups excluding tert-OH is 1. The summed E-state index contributed by atoms with van der Waals surface area (Å²) in [5, 5.41) is 26.2. The maximum Gasteiger partial charge on any atom is 0.325 e. The van der Waals surface area contributed by atoms with Gasteiger partial charge in [0.1, 0.15) is 18.1 Å². The lowest BCUT2D eigenvalue weighted by Crippen LogP contribution is -2.60. The molecule has 0 rings (SSSR count). The van der Waals surface area contributed by atoms with E-state index in [4.69, 9.17) is 22.3 Å². The minimum atomic E-state index is -1.37. The second kappa shape index (κ2) is 14.2. The number of aliphatic hydroxyl groups is 1. The van der Waals surface area contributed by atoms with E-state index < -0.39 is 54.0 Å². The summed E-state index contributed by atoms with van der Waals surface area (Å²) in [7, 11) is 0. The molecular formula is C19H37N7O6.